The number of hydrogen-bond donors (Lipinski definition) is 0. The number of aryl methyl sites for hydroxylation is 1. The second-order valence-corrected chi connectivity index (χ2v) is 10.2. The standard InChI is InChI=1S/C20H20ClN3O4S2/c1-14-2-7-18(28-14)20-22-16(13-29-20)12-19(25)23-8-10-24(11-9-23)30(26,27)17-5-3-15(21)4-6-17/h2-7,13H,8-12H2,1H3. The second-order valence-electron chi connectivity index (χ2n) is 6.97. The maximum Gasteiger partial charge on any atom is 0.243 e. The minimum atomic E-state index is -3.60. The Hall–Kier alpha value is -2.20. The van der Waals surface area contributed by atoms with Crippen LogP contribution in [0.3, 0.4) is 0 Å². The Bertz CT molecular complexity index is 1150. The number of thiazole rings is 1. The van der Waals surface area contributed by atoms with E-state index in [0.29, 0.717) is 29.6 Å². The van der Waals surface area contributed by atoms with Crippen LogP contribution in [-0.4, -0.2) is 54.7 Å². The van der Waals surface area contributed by atoms with Crippen LogP contribution in [0.4, 0.5) is 0 Å². The molecule has 0 saturated carbocycles. The number of furan rings is 1. The van der Waals surface area contributed by atoms with Crippen molar-refractivity contribution < 1.29 is 17.6 Å². The molecular formula is C20H20ClN3O4S2. The highest BCUT2D eigenvalue weighted by molar-refractivity contribution is 7.89. The van der Waals surface area contributed by atoms with Crippen LogP contribution in [0.1, 0.15) is 11.5 Å². The fourth-order valence-corrected chi connectivity index (χ4v) is 5.58. The van der Waals surface area contributed by atoms with Crippen molar-refractivity contribution in [3.8, 4) is 10.8 Å². The van der Waals surface area contributed by atoms with Crippen LogP contribution in [0.5, 0.6) is 0 Å². The first-order chi connectivity index (χ1) is 14.3. The molecule has 2 aromatic heterocycles. The van der Waals surface area contributed by atoms with Gasteiger partial charge in [-0.25, -0.2) is 13.4 Å². The molecule has 0 aliphatic carbocycles. The number of piperazine rings is 1. The predicted octanol–water partition coefficient (Wildman–Crippen LogP) is 3.44. The SMILES string of the molecule is Cc1ccc(-c2nc(CC(=O)N3CCN(S(=O)(=O)c4ccc(Cl)cc4)CC3)cs2)o1. The molecule has 4 rings (SSSR count). The van der Waals surface area contributed by atoms with E-state index in [2.05, 4.69) is 4.98 Å². The summed E-state index contributed by atoms with van der Waals surface area (Å²) < 4.78 is 32.5. The molecule has 1 aliphatic heterocycles. The Morgan fingerprint density at radius 2 is 1.83 bits per heavy atom. The van der Waals surface area contributed by atoms with E-state index in [1.54, 1.807) is 17.0 Å². The number of rotatable bonds is 5. The molecular weight excluding hydrogens is 446 g/mol. The Morgan fingerprint density at radius 1 is 1.13 bits per heavy atom. The Labute approximate surface area is 183 Å². The smallest absolute Gasteiger partial charge is 0.243 e. The topological polar surface area (TPSA) is 83.7 Å². The summed E-state index contributed by atoms with van der Waals surface area (Å²) in [4.78, 5) is 19.0. The van der Waals surface area contributed by atoms with E-state index in [-0.39, 0.29) is 30.3 Å². The van der Waals surface area contributed by atoms with Crippen molar-refractivity contribution in [2.75, 3.05) is 26.2 Å². The molecule has 1 aliphatic rings. The van der Waals surface area contributed by atoms with Crippen LogP contribution in [0.2, 0.25) is 5.02 Å². The lowest BCUT2D eigenvalue weighted by molar-refractivity contribution is -0.131. The largest absolute Gasteiger partial charge is 0.459 e. The molecule has 0 atom stereocenters. The lowest BCUT2D eigenvalue weighted by Gasteiger charge is -2.34. The molecule has 0 bridgehead atoms. The number of carbonyl (C=O) groups is 1. The van der Waals surface area contributed by atoms with Gasteiger partial charge in [-0.05, 0) is 43.3 Å². The average Bonchev–Trinajstić information content (AvgIpc) is 3.37. The minimum Gasteiger partial charge on any atom is -0.459 e. The molecule has 0 spiro atoms. The van der Waals surface area contributed by atoms with Gasteiger partial charge in [0.25, 0.3) is 0 Å². The van der Waals surface area contributed by atoms with Crippen molar-refractivity contribution in [2.45, 2.75) is 18.2 Å². The molecule has 0 unspecified atom stereocenters. The molecule has 7 nitrogen and oxygen atoms in total. The molecule has 158 valence electrons. The molecule has 0 radical (unpaired) electrons. The number of benzene rings is 1. The second kappa shape index (κ2) is 8.50. The van der Waals surface area contributed by atoms with Crippen LogP contribution in [0, 0.1) is 6.92 Å². The molecule has 3 heterocycles. The van der Waals surface area contributed by atoms with Gasteiger partial charge in [0.2, 0.25) is 15.9 Å². The van der Waals surface area contributed by atoms with E-state index in [1.165, 1.54) is 27.8 Å². The maximum absolute atomic E-state index is 12.8. The van der Waals surface area contributed by atoms with E-state index in [4.69, 9.17) is 16.0 Å². The molecule has 30 heavy (non-hydrogen) atoms. The zero-order valence-electron chi connectivity index (χ0n) is 16.2. The van der Waals surface area contributed by atoms with Crippen LogP contribution in [-0.2, 0) is 21.2 Å². The van der Waals surface area contributed by atoms with Crippen LogP contribution >= 0.6 is 22.9 Å². The van der Waals surface area contributed by atoms with Crippen LogP contribution in [0.15, 0.2) is 51.1 Å². The van der Waals surface area contributed by atoms with Crippen LogP contribution < -0.4 is 0 Å². The van der Waals surface area contributed by atoms with Gasteiger partial charge in [-0.2, -0.15) is 4.31 Å². The number of aromatic nitrogens is 1. The zero-order chi connectivity index (χ0) is 21.3. The third-order valence-corrected chi connectivity index (χ3v) is 7.95. The quantitative estimate of drug-likeness (QED) is 0.576. The van der Waals surface area contributed by atoms with Gasteiger partial charge in [-0.15, -0.1) is 11.3 Å². The van der Waals surface area contributed by atoms with Crippen molar-refractivity contribution in [1.29, 1.82) is 0 Å². The number of nitrogens with zero attached hydrogens (tertiary/aromatic N) is 3. The van der Waals surface area contributed by atoms with Crippen molar-refractivity contribution in [1.82, 2.24) is 14.2 Å². The summed E-state index contributed by atoms with van der Waals surface area (Å²) in [5.41, 5.74) is 0.685. The van der Waals surface area contributed by atoms with Gasteiger partial charge in [0.15, 0.2) is 10.8 Å². The lowest BCUT2D eigenvalue weighted by Crippen LogP contribution is -2.50. The molecule has 1 aromatic carbocycles. The van der Waals surface area contributed by atoms with Gasteiger partial charge in [-0.1, -0.05) is 11.6 Å². The first-order valence-corrected chi connectivity index (χ1v) is 12.1. The molecule has 3 aromatic rings. The molecule has 1 amide bonds. The zero-order valence-corrected chi connectivity index (χ0v) is 18.6. The predicted molar refractivity (Wildman–Crippen MR) is 115 cm³/mol. The normalized spacial score (nSPS) is 15.5. The Balaban J connectivity index is 1.35. The third kappa shape index (κ3) is 4.44. The van der Waals surface area contributed by atoms with Gasteiger partial charge in [0, 0.05) is 36.6 Å². The highest BCUT2D eigenvalue weighted by atomic mass is 35.5. The monoisotopic (exact) mass is 465 g/mol. The van der Waals surface area contributed by atoms with Gasteiger partial charge in [0.05, 0.1) is 17.0 Å². The van der Waals surface area contributed by atoms with E-state index in [9.17, 15) is 13.2 Å². The van der Waals surface area contributed by atoms with E-state index in [0.717, 1.165) is 10.8 Å². The Morgan fingerprint density at radius 3 is 2.47 bits per heavy atom. The molecule has 1 fully saturated rings. The van der Waals surface area contributed by atoms with E-state index >= 15 is 0 Å². The third-order valence-electron chi connectivity index (χ3n) is 4.88. The minimum absolute atomic E-state index is 0.0639. The van der Waals surface area contributed by atoms with Crippen molar-refractivity contribution in [3.63, 3.8) is 0 Å². The van der Waals surface area contributed by atoms with Crippen molar-refractivity contribution in [2.24, 2.45) is 0 Å². The van der Waals surface area contributed by atoms with Crippen molar-refractivity contribution >= 4 is 38.9 Å². The molecule has 0 N–H and O–H groups in total. The van der Waals surface area contributed by atoms with Crippen LogP contribution in [0.25, 0.3) is 10.8 Å². The van der Waals surface area contributed by atoms with Gasteiger partial charge < -0.3 is 9.32 Å². The maximum atomic E-state index is 12.8. The van der Waals surface area contributed by atoms with Gasteiger partial charge >= 0.3 is 0 Å². The first-order valence-electron chi connectivity index (χ1n) is 9.37. The summed E-state index contributed by atoms with van der Waals surface area (Å²) in [5.74, 6) is 1.44. The fraction of sp³-hybridized carbons (Fsp3) is 0.300. The molecule has 10 heteroatoms. The summed E-state index contributed by atoms with van der Waals surface area (Å²) >= 11 is 7.28. The highest BCUT2D eigenvalue weighted by Crippen LogP contribution is 2.26. The average molecular weight is 466 g/mol. The number of hydrogen-bond acceptors (Lipinski definition) is 6. The number of amides is 1. The number of halogens is 1. The number of sulfonamides is 1. The summed E-state index contributed by atoms with van der Waals surface area (Å²) in [6.07, 6.45) is 0.181. The lowest BCUT2D eigenvalue weighted by atomic mass is 10.2. The molecule has 1 saturated heterocycles. The summed E-state index contributed by atoms with van der Waals surface area (Å²) in [6, 6.07) is 9.84. The van der Waals surface area contributed by atoms with Gasteiger partial charge in [-0.3, -0.25) is 4.79 Å². The first kappa shape index (κ1) is 21.0. The summed E-state index contributed by atoms with van der Waals surface area (Å²) in [5, 5.41) is 3.08. The van der Waals surface area contributed by atoms with E-state index in [1.807, 2.05) is 24.4 Å². The highest BCUT2D eigenvalue weighted by Gasteiger charge is 2.30. The summed E-state index contributed by atoms with van der Waals surface area (Å²) in [7, 11) is -3.60. The Kier molecular flexibility index (Phi) is 5.97. The fourth-order valence-electron chi connectivity index (χ4n) is 3.25. The summed E-state index contributed by atoms with van der Waals surface area (Å²) in [6.45, 7) is 3.07. The van der Waals surface area contributed by atoms with Crippen molar-refractivity contribution in [3.05, 3.63) is 58.3 Å². The van der Waals surface area contributed by atoms with E-state index < -0.39 is 10.0 Å². The van der Waals surface area contributed by atoms with Gasteiger partial charge in [0.1, 0.15) is 5.76 Å². The number of carbonyl (C=O) groups excluding carboxylic acids is 1.